The fourth-order valence-corrected chi connectivity index (χ4v) is 3.06. The Bertz CT molecular complexity index is 1350. The maximum absolute atomic E-state index is 12.4. The van der Waals surface area contributed by atoms with Crippen LogP contribution in [0.4, 0.5) is 28.8 Å². The molecule has 4 rings (SSSR count). The van der Waals surface area contributed by atoms with Gasteiger partial charge in [-0.3, -0.25) is 9.59 Å². The molecular formula is C24H23N7O2. The molecule has 2 aromatic heterocycles. The summed E-state index contributed by atoms with van der Waals surface area (Å²) in [5.74, 6) is 0.739. The van der Waals surface area contributed by atoms with Gasteiger partial charge in [0.05, 0.1) is 0 Å². The van der Waals surface area contributed by atoms with Crippen LogP contribution < -0.4 is 21.5 Å². The van der Waals surface area contributed by atoms with Gasteiger partial charge in [-0.15, -0.1) is 0 Å². The van der Waals surface area contributed by atoms with E-state index >= 15 is 0 Å². The molecular weight excluding hydrogens is 418 g/mol. The summed E-state index contributed by atoms with van der Waals surface area (Å²) < 4.78 is 1.12. The van der Waals surface area contributed by atoms with Gasteiger partial charge in [0.2, 0.25) is 5.95 Å². The zero-order chi connectivity index (χ0) is 23.4. The van der Waals surface area contributed by atoms with Gasteiger partial charge in [-0.1, -0.05) is 17.7 Å². The molecule has 166 valence electrons. The SMILES string of the molecule is Cc1ccc(Nc2nc(C)cc(Nc3ccc(NC(=O)c4ccc(=O)n(C)n4)cc3)n2)cc1. The van der Waals surface area contributed by atoms with Crippen LogP contribution in [-0.4, -0.2) is 25.7 Å². The molecule has 2 aromatic carbocycles. The molecule has 4 aromatic rings. The monoisotopic (exact) mass is 441 g/mol. The van der Waals surface area contributed by atoms with Crippen LogP contribution in [0.2, 0.25) is 0 Å². The van der Waals surface area contributed by atoms with Crippen LogP contribution in [0.25, 0.3) is 0 Å². The molecule has 0 spiro atoms. The third kappa shape index (κ3) is 5.59. The number of carbonyl (C=O) groups is 1. The summed E-state index contributed by atoms with van der Waals surface area (Å²) in [6.45, 7) is 3.94. The van der Waals surface area contributed by atoms with E-state index in [4.69, 9.17) is 0 Å². The van der Waals surface area contributed by atoms with Crippen molar-refractivity contribution in [2.24, 2.45) is 7.05 Å². The van der Waals surface area contributed by atoms with Crippen LogP contribution in [0.3, 0.4) is 0 Å². The van der Waals surface area contributed by atoms with E-state index in [1.807, 2.05) is 56.3 Å². The van der Waals surface area contributed by atoms with Crippen molar-refractivity contribution in [2.75, 3.05) is 16.0 Å². The van der Waals surface area contributed by atoms with Crippen molar-refractivity contribution < 1.29 is 4.79 Å². The highest BCUT2D eigenvalue weighted by molar-refractivity contribution is 6.02. The van der Waals surface area contributed by atoms with Gasteiger partial charge in [-0.2, -0.15) is 10.1 Å². The second-order valence-corrected chi connectivity index (χ2v) is 7.55. The lowest BCUT2D eigenvalue weighted by atomic mass is 10.2. The molecule has 0 bridgehead atoms. The first-order valence-electron chi connectivity index (χ1n) is 10.3. The van der Waals surface area contributed by atoms with E-state index in [1.54, 1.807) is 12.1 Å². The Balaban J connectivity index is 1.43. The minimum Gasteiger partial charge on any atom is -0.340 e. The quantitative estimate of drug-likeness (QED) is 0.415. The summed E-state index contributed by atoms with van der Waals surface area (Å²) >= 11 is 0. The standard InChI is InChI=1S/C24H23N7O2/c1-15-4-6-19(7-5-15)28-24-25-16(2)14-21(29-24)26-17-8-10-18(11-9-17)27-23(33)20-12-13-22(32)31(3)30-20/h4-14H,1-3H3,(H,27,33)(H2,25,26,28,29). The molecule has 0 unspecified atom stereocenters. The normalized spacial score (nSPS) is 10.5. The van der Waals surface area contributed by atoms with E-state index in [2.05, 4.69) is 31.0 Å². The second-order valence-electron chi connectivity index (χ2n) is 7.55. The summed E-state index contributed by atoms with van der Waals surface area (Å²) in [7, 11) is 1.50. The number of nitrogens with zero attached hydrogens (tertiary/aromatic N) is 4. The Morgan fingerprint density at radius 3 is 2.15 bits per heavy atom. The van der Waals surface area contributed by atoms with E-state index in [0.29, 0.717) is 17.5 Å². The van der Waals surface area contributed by atoms with Gasteiger partial charge in [0, 0.05) is 41.9 Å². The van der Waals surface area contributed by atoms with E-state index < -0.39 is 5.91 Å². The topological polar surface area (TPSA) is 114 Å². The van der Waals surface area contributed by atoms with Crippen molar-refractivity contribution >= 4 is 34.7 Å². The molecule has 0 atom stereocenters. The summed E-state index contributed by atoms with van der Waals surface area (Å²) in [5, 5.41) is 13.2. The van der Waals surface area contributed by atoms with Crippen LogP contribution >= 0.6 is 0 Å². The lowest BCUT2D eigenvalue weighted by Crippen LogP contribution is -2.23. The number of aromatic nitrogens is 4. The summed E-state index contributed by atoms with van der Waals surface area (Å²) in [6.07, 6.45) is 0. The number of rotatable bonds is 6. The van der Waals surface area contributed by atoms with Crippen molar-refractivity contribution in [1.82, 2.24) is 19.7 Å². The number of aryl methyl sites for hydroxylation is 3. The molecule has 2 heterocycles. The Kier molecular flexibility index (Phi) is 6.12. The summed E-state index contributed by atoms with van der Waals surface area (Å²) in [4.78, 5) is 32.8. The van der Waals surface area contributed by atoms with E-state index in [1.165, 1.54) is 24.7 Å². The molecule has 1 amide bonds. The average molecular weight is 441 g/mol. The number of benzene rings is 2. The molecule has 3 N–H and O–H groups in total. The molecule has 0 aliphatic carbocycles. The molecule has 9 nitrogen and oxygen atoms in total. The third-order valence-corrected chi connectivity index (χ3v) is 4.77. The number of nitrogens with one attached hydrogen (secondary N) is 3. The number of hydrogen-bond donors (Lipinski definition) is 3. The maximum atomic E-state index is 12.4. The van der Waals surface area contributed by atoms with Gasteiger partial charge in [-0.05, 0) is 56.3 Å². The highest BCUT2D eigenvalue weighted by atomic mass is 16.2. The molecule has 9 heteroatoms. The van der Waals surface area contributed by atoms with Crippen molar-refractivity contribution in [3.8, 4) is 0 Å². The van der Waals surface area contributed by atoms with Gasteiger partial charge in [0.15, 0.2) is 0 Å². The van der Waals surface area contributed by atoms with Crippen LogP contribution in [0, 0.1) is 13.8 Å². The van der Waals surface area contributed by atoms with Crippen molar-refractivity contribution in [3.05, 3.63) is 94.0 Å². The lowest BCUT2D eigenvalue weighted by molar-refractivity contribution is 0.102. The van der Waals surface area contributed by atoms with E-state index in [0.717, 1.165) is 21.8 Å². The fraction of sp³-hybridized carbons (Fsp3) is 0.125. The smallest absolute Gasteiger partial charge is 0.276 e. The Hall–Kier alpha value is -4.53. The van der Waals surface area contributed by atoms with Gasteiger partial charge in [0.1, 0.15) is 11.5 Å². The largest absolute Gasteiger partial charge is 0.340 e. The summed E-state index contributed by atoms with van der Waals surface area (Å²) in [5.41, 5.74) is 4.18. The Morgan fingerprint density at radius 1 is 0.818 bits per heavy atom. The zero-order valence-corrected chi connectivity index (χ0v) is 18.5. The average Bonchev–Trinajstić information content (AvgIpc) is 2.78. The van der Waals surface area contributed by atoms with Crippen molar-refractivity contribution in [1.29, 1.82) is 0 Å². The molecule has 0 fully saturated rings. The molecule has 0 aliphatic rings. The van der Waals surface area contributed by atoms with Crippen LogP contribution in [-0.2, 0) is 7.05 Å². The number of anilines is 5. The molecule has 33 heavy (non-hydrogen) atoms. The first-order chi connectivity index (χ1) is 15.9. The number of amides is 1. The van der Waals surface area contributed by atoms with E-state index in [9.17, 15) is 9.59 Å². The molecule has 0 radical (unpaired) electrons. The number of hydrogen-bond acceptors (Lipinski definition) is 7. The zero-order valence-electron chi connectivity index (χ0n) is 18.5. The summed E-state index contributed by atoms with van der Waals surface area (Å²) in [6, 6.07) is 19.7. The number of carbonyl (C=O) groups excluding carboxylic acids is 1. The van der Waals surface area contributed by atoms with E-state index in [-0.39, 0.29) is 11.3 Å². The fourth-order valence-electron chi connectivity index (χ4n) is 3.06. The third-order valence-electron chi connectivity index (χ3n) is 4.77. The first kappa shape index (κ1) is 21.7. The van der Waals surface area contributed by atoms with Gasteiger partial charge < -0.3 is 16.0 Å². The lowest BCUT2D eigenvalue weighted by Gasteiger charge is -2.11. The molecule has 0 saturated heterocycles. The van der Waals surface area contributed by atoms with Crippen molar-refractivity contribution in [3.63, 3.8) is 0 Å². The highest BCUT2D eigenvalue weighted by Crippen LogP contribution is 2.21. The van der Waals surface area contributed by atoms with Crippen LogP contribution in [0.15, 0.2) is 71.5 Å². The Morgan fingerprint density at radius 2 is 1.45 bits per heavy atom. The maximum Gasteiger partial charge on any atom is 0.276 e. The first-order valence-corrected chi connectivity index (χ1v) is 10.3. The second kappa shape index (κ2) is 9.31. The molecule has 0 saturated carbocycles. The van der Waals surface area contributed by atoms with Crippen LogP contribution in [0.5, 0.6) is 0 Å². The van der Waals surface area contributed by atoms with Gasteiger partial charge in [0.25, 0.3) is 11.5 Å². The molecule has 0 aliphatic heterocycles. The predicted octanol–water partition coefficient (Wildman–Crippen LogP) is 3.93. The predicted molar refractivity (Wildman–Crippen MR) is 128 cm³/mol. The minimum absolute atomic E-state index is 0.157. The minimum atomic E-state index is -0.399. The van der Waals surface area contributed by atoms with Crippen molar-refractivity contribution in [2.45, 2.75) is 13.8 Å². The van der Waals surface area contributed by atoms with Gasteiger partial charge in [-0.25, -0.2) is 9.67 Å². The Labute approximate surface area is 190 Å². The van der Waals surface area contributed by atoms with Crippen LogP contribution in [0.1, 0.15) is 21.7 Å². The van der Waals surface area contributed by atoms with Gasteiger partial charge >= 0.3 is 0 Å². The highest BCUT2D eigenvalue weighted by Gasteiger charge is 2.09.